The Bertz CT molecular complexity index is 661. The number of hydrogen-bond acceptors (Lipinski definition) is 4. The van der Waals surface area contributed by atoms with Crippen molar-refractivity contribution in [3.8, 4) is 0 Å². The highest BCUT2D eigenvalue weighted by atomic mass is 32.2. The third-order valence-corrected chi connectivity index (χ3v) is 7.53. The van der Waals surface area contributed by atoms with Crippen molar-refractivity contribution in [1.29, 1.82) is 0 Å². The Balaban J connectivity index is 1.73. The van der Waals surface area contributed by atoms with Gasteiger partial charge in [-0.1, -0.05) is 32.0 Å². The molecule has 1 aromatic rings. The van der Waals surface area contributed by atoms with E-state index in [9.17, 15) is 8.42 Å². The van der Waals surface area contributed by atoms with Gasteiger partial charge in [-0.3, -0.25) is 4.90 Å². The minimum Gasteiger partial charge on any atom is -0.379 e. The van der Waals surface area contributed by atoms with Crippen LogP contribution in [0.4, 0.5) is 0 Å². The van der Waals surface area contributed by atoms with Crippen molar-refractivity contribution in [3.63, 3.8) is 0 Å². The third kappa shape index (κ3) is 4.42. The Kier molecular flexibility index (Phi) is 6.15. The molecule has 2 saturated heterocycles. The molecule has 5 nitrogen and oxygen atoms in total. The number of rotatable bonds is 5. The summed E-state index contributed by atoms with van der Waals surface area (Å²) >= 11 is 0. The van der Waals surface area contributed by atoms with Crippen LogP contribution >= 0.6 is 0 Å². The highest BCUT2D eigenvalue weighted by molar-refractivity contribution is 7.89. The van der Waals surface area contributed by atoms with Gasteiger partial charge >= 0.3 is 0 Å². The van der Waals surface area contributed by atoms with Crippen LogP contribution in [0.5, 0.6) is 0 Å². The fourth-order valence-electron chi connectivity index (χ4n) is 3.83. The topological polar surface area (TPSA) is 49.9 Å². The molecule has 6 heteroatoms. The normalized spacial score (nSPS) is 21.7. The molecule has 0 aromatic heterocycles. The molecule has 2 aliphatic rings. The van der Waals surface area contributed by atoms with Gasteiger partial charge in [0.05, 0.1) is 18.1 Å². The largest absolute Gasteiger partial charge is 0.379 e. The summed E-state index contributed by atoms with van der Waals surface area (Å²) in [4.78, 5) is 2.86. The van der Waals surface area contributed by atoms with Crippen molar-refractivity contribution < 1.29 is 13.2 Å². The Morgan fingerprint density at radius 1 is 1.08 bits per heavy atom. The van der Waals surface area contributed by atoms with E-state index in [0.717, 1.165) is 30.5 Å². The second kappa shape index (κ2) is 8.16. The Hall–Kier alpha value is -0.950. The number of likely N-dealkylation sites (tertiary alicyclic amines) is 1. The predicted molar refractivity (Wildman–Crippen MR) is 98.9 cm³/mol. The molecule has 1 aromatic carbocycles. The van der Waals surface area contributed by atoms with Gasteiger partial charge in [0.15, 0.2) is 0 Å². The molecular weight excluding hydrogens is 336 g/mol. The maximum Gasteiger partial charge on any atom is 0.243 e. The first-order chi connectivity index (χ1) is 12.0. The second-order valence-corrected chi connectivity index (χ2v) is 9.39. The number of ether oxygens (including phenoxy) is 1. The smallest absolute Gasteiger partial charge is 0.243 e. The van der Waals surface area contributed by atoms with Crippen molar-refractivity contribution in [2.45, 2.75) is 38.1 Å². The summed E-state index contributed by atoms with van der Waals surface area (Å²) in [6, 6.07) is 7.47. The van der Waals surface area contributed by atoms with Crippen LogP contribution < -0.4 is 0 Å². The predicted octanol–water partition coefficient (Wildman–Crippen LogP) is 2.58. The minimum absolute atomic E-state index is 0.441. The summed E-state index contributed by atoms with van der Waals surface area (Å²) in [6.45, 7) is 9.24. The van der Waals surface area contributed by atoms with Gasteiger partial charge in [0.2, 0.25) is 10.0 Å². The molecule has 0 aliphatic carbocycles. The molecule has 0 amide bonds. The number of hydrogen-bond donors (Lipinski definition) is 0. The molecule has 0 radical (unpaired) electrons. The average Bonchev–Trinajstić information content (AvgIpc) is 2.63. The van der Waals surface area contributed by atoms with E-state index in [0.29, 0.717) is 37.7 Å². The molecule has 0 atom stereocenters. The maximum absolute atomic E-state index is 13.0. The lowest BCUT2D eigenvalue weighted by Crippen LogP contribution is -2.41. The molecule has 0 spiro atoms. The average molecular weight is 367 g/mol. The highest BCUT2D eigenvalue weighted by Crippen LogP contribution is 2.27. The van der Waals surface area contributed by atoms with Crippen molar-refractivity contribution >= 4 is 10.0 Å². The lowest BCUT2D eigenvalue weighted by atomic mass is 9.86. The van der Waals surface area contributed by atoms with Gasteiger partial charge in [0.25, 0.3) is 0 Å². The van der Waals surface area contributed by atoms with E-state index >= 15 is 0 Å². The first-order valence-corrected chi connectivity index (χ1v) is 10.8. The summed E-state index contributed by atoms with van der Waals surface area (Å²) < 4.78 is 32.9. The van der Waals surface area contributed by atoms with Gasteiger partial charge in [-0.2, -0.15) is 4.31 Å². The van der Waals surface area contributed by atoms with E-state index in [1.165, 1.54) is 12.8 Å². The maximum atomic E-state index is 13.0. The van der Waals surface area contributed by atoms with Crippen molar-refractivity contribution in [2.75, 3.05) is 39.4 Å². The summed E-state index contributed by atoms with van der Waals surface area (Å²) in [7, 11) is -3.44. The minimum atomic E-state index is -3.44. The van der Waals surface area contributed by atoms with Crippen molar-refractivity contribution in [2.24, 2.45) is 11.8 Å². The number of benzene rings is 1. The molecule has 2 heterocycles. The van der Waals surface area contributed by atoms with Gasteiger partial charge in [-0.25, -0.2) is 8.42 Å². The monoisotopic (exact) mass is 366 g/mol. The van der Waals surface area contributed by atoms with Crippen molar-refractivity contribution in [1.82, 2.24) is 9.21 Å². The standard InChI is InChI=1S/C19H30N2O3S/c1-16(2)17-7-9-20(10-8-17)15-18-5-3-4-6-19(18)25(22,23)21-11-13-24-14-12-21/h3-6,16-17H,7-15H2,1-2H3. The van der Waals surface area contributed by atoms with E-state index in [-0.39, 0.29) is 0 Å². The van der Waals surface area contributed by atoms with Crippen LogP contribution in [0.1, 0.15) is 32.3 Å². The van der Waals surface area contributed by atoms with Crippen LogP contribution in [0, 0.1) is 11.8 Å². The van der Waals surface area contributed by atoms with Gasteiger partial charge in [0, 0.05) is 19.6 Å². The molecule has 0 N–H and O–H groups in total. The van der Waals surface area contributed by atoms with Gasteiger partial charge in [0.1, 0.15) is 0 Å². The van der Waals surface area contributed by atoms with E-state index in [4.69, 9.17) is 4.74 Å². The van der Waals surface area contributed by atoms with Gasteiger partial charge in [-0.15, -0.1) is 0 Å². The molecule has 0 saturated carbocycles. The fraction of sp³-hybridized carbons (Fsp3) is 0.684. The van der Waals surface area contributed by atoms with Crippen LogP contribution in [-0.4, -0.2) is 57.0 Å². The van der Waals surface area contributed by atoms with Gasteiger partial charge < -0.3 is 4.74 Å². The van der Waals surface area contributed by atoms with E-state index in [1.54, 1.807) is 10.4 Å². The van der Waals surface area contributed by atoms with Crippen LogP contribution in [0.2, 0.25) is 0 Å². The number of morpholine rings is 1. The fourth-order valence-corrected chi connectivity index (χ4v) is 5.45. The molecule has 2 fully saturated rings. The first-order valence-electron chi connectivity index (χ1n) is 9.36. The number of sulfonamides is 1. The zero-order valence-corrected chi connectivity index (χ0v) is 16.2. The zero-order valence-electron chi connectivity index (χ0n) is 15.4. The van der Waals surface area contributed by atoms with Crippen molar-refractivity contribution in [3.05, 3.63) is 29.8 Å². The first kappa shape index (κ1) is 18.8. The summed E-state index contributed by atoms with van der Waals surface area (Å²) in [5.41, 5.74) is 0.914. The SMILES string of the molecule is CC(C)C1CCN(Cc2ccccc2S(=O)(=O)N2CCOCC2)CC1. The molecule has 0 unspecified atom stereocenters. The van der Waals surface area contributed by atoms with E-state index < -0.39 is 10.0 Å². The van der Waals surface area contributed by atoms with Gasteiger partial charge in [-0.05, 0) is 49.4 Å². The second-order valence-electron chi connectivity index (χ2n) is 7.48. The summed E-state index contributed by atoms with van der Waals surface area (Å²) in [5.74, 6) is 1.53. The van der Waals surface area contributed by atoms with E-state index in [2.05, 4.69) is 18.7 Å². The highest BCUT2D eigenvalue weighted by Gasteiger charge is 2.29. The Morgan fingerprint density at radius 3 is 2.36 bits per heavy atom. The number of piperidine rings is 1. The molecule has 0 bridgehead atoms. The lowest BCUT2D eigenvalue weighted by molar-refractivity contribution is 0.0729. The molecule has 25 heavy (non-hydrogen) atoms. The quantitative estimate of drug-likeness (QED) is 0.804. The van der Waals surface area contributed by atoms with Crippen LogP contribution in [0.3, 0.4) is 0 Å². The molecule has 3 rings (SSSR count). The zero-order chi connectivity index (χ0) is 17.9. The number of nitrogens with zero attached hydrogens (tertiary/aromatic N) is 2. The summed E-state index contributed by atoms with van der Waals surface area (Å²) in [6.07, 6.45) is 2.41. The molecule has 140 valence electrons. The third-order valence-electron chi connectivity index (χ3n) is 5.53. The lowest BCUT2D eigenvalue weighted by Gasteiger charge is -2.34. The molecular formula is C19H30N2O3S. The van der Waals surface area contributed by atoms with Crippen LogP contribution in [0.15, 0.2) is 29.2 Å². The van der Waals surface area contributed by atoms with Crippen LogP contribution in [0.25, 0.3) is 0 Å². The Morgan fingerprint density at radius 2 is 1.72 bits per heavy atom. The Labute approximate surface area is 152 Å². The molecule has 2 aliphatic heterocycles. The van der Waals surface area contributed by atoms with Crippen LogP contribution in [-0.2, 0) is 21.3 Å². The summed E-state index contributed by atoms with van der Waals surface area (Å²) in [5, 5.41) is 0. The van der Waals surface area contributed by atoms with E-state index in [1.807, 2.05) is 18.2 Å².